The zero-order chi connectivity index (χ0) is 13.2. The molecule has 98 valence electrons. The lowest BCUT2D eigenvalue weighted by Gasteiger charge is -2.22. The van der Waals surface area contributed by atoms with Crippen LogP contribution in [0, 0.1) is 13.8 Å². The van der Waals surface area contributed by atoms with Crippen LogP contribution in [-0.4, -0.2) is 11.3 Å². The summed E-state index contributed by atoms with van der Waals surface area (Å²) in [7, 11) is 0. The van der Waals surface area contributed by atoms with Crippen LogP contribution in [0.3, 0.4) is 0 Å². The van der Waals surface area contributed by atoms with E-state index in [2.05, 4.69) is 26.0 Å². The van der Waals surface area contributed by atoms with Crippen LogP contribution in [-0.2, 0) is 11.2 Å². The Hall–Kier alpha value is -1.15. The Bertz CT molecular complexity index is 424. The minimum Gasteiger partial charge on any atom is -0.325 e. The molecule has 0 radical (unpaired) electrons. The summed E-state index contributed by atoms with van der Waals surface area (Å²) in [4.78, 5) is 12.2. The van der Waals surface area contributed by atoms with Gasteiger partial charge in [-0.25, -0.2) is 0 Å². The van der Waals surface area contributed by atoms with Crippen molar-refractivity contribution in [1.82, 2.24) is 0 Å². The summed E-state index contributed by atoms with van der Waals surface area (Å²) in [6.07, 6.45) is 5.44. The fraction of sp³-hybridized carbons (Fsp3) is 0.562. The molecule has 2 heteroatoms. The average molecular weight is 245 g/mol. The molecule has 1 aliphatic rings. The van der Waals surface area contributed by atoms with Crippen molar-refractivity contribution >= 4 is 5.78 Å². The molecule has 2 rings (SSSR count). The summed E-state index contributed by atoms with van der Waals surface area (Å²) in [5.74, 6) is 0.289. The molecular weight excluding hydrogens is 222 g/mol. The summed E-state index contributed by atoms with van der Waals surface area (Å²) in [6, 6.07) is 6.19. The molecule has 0 aliphatic heterocycles. The zero-order valence-electron chi connectivity index (χ0n) is 11.5. The number of hydrogen-bond acceptors (Lipinski definition) is 2. The normalized spacial score (nSPS) is 17.9. The Morgan fingerprint density at radius 2 is 1.78 bits per heavy atom. The predicted molar refractivity (Wildman–Crippen MR) is 74.6 cm³/mol. The topological polar surface area (TPSA) is 43.1 Å². The first-order valence-corrected chi connectivity index (χ1v) is 6.86. The van der Waals surface area contributed by atoms with E-state index >= 15 is 0 Å². The third kappa shape index (κ3) is 2.99. The maximum atomic E-state index is 12.2. The van der Waals surface area contributed by atoms with Crippen molar-refractivity contribution in [3.05, 3.63) is 34.9 Å². The van der Waals surface area contributed by atoms with Crippen LogP contribution in [0.15, 0.2) is 18.2 Å². The van der Waals surface area contributed by atoms with Crippen molar-refractivity contribution < 1.29 is 4.79 Å². The van der Waals surface area contributed by atoms with Gasteiger partial charge in [0.25, 0.3) is 0 Å². The highest BCUT2D eigenvalue weighted by molar-refractivity contribution is 5.82. The molecule has 18 heavy (non-hydrogen) atoms. The van der Waals surface area contributed by atoms with Gasteiger partial charge in [-0.15, -0.1) is 0 Å². The van der Waals surface area contributed by atoms with Crippen molar-refractivity contribution in [1.29, 1.82) is 0 Å². The van der Waals surface area contributed by atoms with E-state index in [1.165, 1.54) is 29.5 Å². The van der Waals surface area contributed by atoms with Gasteiger partial charge in [0.15, 0.2) is 0 Å². The van der Waals surface area contributed by atoms with E-state index in [9.17, 15) is 4.79 Å². The molecule has 0 amide bonds. The number of ketones is 1. The average Bonchev–Trinajstić information content (AvgIpc) is 2.70. The number of aryl methyl sites for hydroxylation is 2. The molecule has 1 aromatic carbocycles. The molecule has 0 heterocycles. The third-order valence-corrected chi connectivity index (χ3v) is 4.17. The maximum Gasteiger partial charge on any atom is 0.139 e. The molecule has 0 spiro atoms. The molecule has 0 unspecified atom stereocenters. The minimum atomic E-state index is -0.215. The van der Waals surface area contributed by atoms with Gasteiger partial charge < -0.3 is 5.73 Å². The second-order valence-corrected chi connectivity index (χ2v) is 5.83. The Morgan fingerprint density at radius 1 is 1.22 bits per heavy atom. The third-order valence-electron chi connectivity index (χ3n) is 4.17. The van der Waals surface area contributed by atoms with Crippen LogP contribution in [0.25, 0.3) is 0 Å². The van der Waals surface area contributed by atoms with E-state index in [0.29, 0.717) is 12.8 Å². The Labute approximate surface area is 110 Å². The number of carbonyl (C=O) groups excluding carboxylic acids is 1. The Balaban J connectivity index is 2.03. The van der Waals surface area contributed by atoms with Crippen molar-refractivity contribution in [3.8, 4) is 0 Å². The smallest absolute Gasteiger partial charge is 0.139 e. The summed E-state index contributed by atoms with van der Waals surface area (Å²) in [6.45, 7) is 4.15. The molecule has 0 bridgehead atoms. The standard InChI is InChI=1S/C16H23NO/c1-12-6-5-7-13(2)15(12)10-14(18)11-16(17)8-3-4-9-16/h5-7H,3-4,8-11,17H2,1-2H3. The molecule has 1 saturated carbocycles. The van der Waals surface area contributed by atoms with Gasteiger partial charge in [-0.2, -0.15) is 0 Å². The Kier molecular flexibility index (Phi) is 3.86. The molecular formula is C16H23NO. The quantitative estimate of drug-likeness (QED) is 0.886. The predicted octanol–water partition coefficient (Wildman–Crippen LogP) is 3.08. The summed E-state index contributed by atoms with van der Waals surface area (Å²) in [5.41, 5.74) is 9.66. The monoisotopic (exact) mass is 245 g/mol. The highest BCUT2D eigenvalue weighted by Gasteiger charge is 2.31. The second kappa shape index (κ2) is 5.23. The number of rotatable bonds is 4. The van der Waals surface area contributed by atoms with E-state index in [0.717, 1.165) is 12.8 Å². The van der Waals surface area contributed by atoms with Gasteiger partial charge in [0.05, 0.1) is 0 Å². The van der Waals surface area contributed by atoms with Crippen molar-refractivity contribution in [3.63, 3.8) is 0 Å². The van der Waals surface area contributed by atoms with Crippen molar-refractivity contribution in [2.45, 2.75) is 57.9 Å². The molecule has 2 N–H and O–H groups in total. The van der Waals surface area contributed by atoms with Gasteiger partial charge in [0.2, 0.25) is 0 Å². The number of nitrogens with two attached hydrogens (primary N) is 1. The van der Waals surface area contributed by atoms with Crippen LogP contribution in [0.4, 0.5) is 0 Å². The van der Waals surface area contributed by atoms with Crippen LogP contribution in [0.5, 0.6) is 0 Å². The molecule has 2 nitrogen and oxygen atoms in total. The van der Waals surface area contributed by atoms with Gasteiger partial charge in [0.1, 0.15) is 5.78 Å². The van der Waals surface area contributed by atoms with Gasteiger partial charge >= 0.3 is 0 Å². The molecule has 1 aliphatic carbocycles. The lowest BCUT2D eigenvalue weighted by atomic mass is 9.88. The number of Topliss-reactive ketones (excluding diaryl/α,β-unsaturated/α-hetero) is 1. The van der Waals surface area contributed by atoms with Crippen LogP contribution in [0.1, 0.15) is 48.8 Å². The highest BCUT2D eigenvalue weighted by atomic mass is 16.1. The molecule has 0 aromatic heterocycles. The highest BCUT2D eigenvalue weighted by Crippen LogP contribution is 2.30. The van der Waals surface area contributed by atoms with E-state index in [1.54, 1.807) is 0 Å². The van der Waals surface area contributed by atoms with Crippen LogP contribution in [0.2, 0.25) is 0 Å². The SMILES string of the molecule is Cc1cccc(C)c1CC(=O)CC1(N)CCCC1. The summed E-state index contributed by atoms with van der Waals surface area (Å²) in [5, 5.41) is 0. The van der Waals surface area contributed by atoms with E-state index in [4.69, 9.17) is 5.73 Å². The first-order valence-electron chi connectivity index (χ1n) is 6.86. The summed E-state index contributed by atoms with van der Waals surface area (Å²) >= 11 is 0. The fourth-order valence-corrected chi connectivity index (χ4v) is 3.04. The van der Waals surface area contributed by atoms with Gasteiger partial charge in [-0.1, -0.05) is 31.0 Å². The Morgan fingerprint density at radius 3 is 2.33 bits per heavy atom. The zero-order valence-corrected chi connectivity index (χ0v) is 11.5. The largest absolute Gasteiger partial charge is 0.325 e. The summed E-state index contributed by atoms with van der Waals surface area (Å²) < 4.78 is 0. The number of benzene rings is 1. The molecule has 0 atom stereocenters. The van der Waals surface area contributed by atoms with Crippen molar-refractivity contribution in [2.24, 2.45) is 5.73 Å². The first kappa shape index (κ1) is 13.3. The lowest BCUT2D eigenvalue weighted by Crippen LogP contribution is -2.39. The van der Waals surface area contributed by atoms with Crippen LogP contribution >= 0.6 is 0 Å². The maximum absolute atomic E-state index is 12.2. The molecule has 1 aromatic rings. The van der Waals surface area contributed by atoms with Gasteiger partial charge in [-0.3, -0.25) is 4.79 Å². The fourth-order valence-electron chi connectivity index (χ4n) is 3.04. The van der Waals surface area contributed by atoms with E-state index in [1.807, 2.05) is 6.07 Å². The van der Waals surface area contributed by atoms with E-state index in [-0.39, 0.29) is 11.3 Å². The second-order valence-electron chi connectivity index (χ2n) is 5.83. The van der Waals surface area contributed by atoms with Crippen molar-refractivity contribution in [2.75, 3.05) is 0 Å². The number of carbonyl (C=O) groups is 1. The molecule has 0 saturated heterocycles. The lowest BCUT2D eigenvalue weighted by molar-refractivity contribution is -0.119. The molecule has 1 fully saturated rings. The first-order chi connectivity index (χ1) is 8.50. The van der Waals surface area contributed by atoms with E-state index < -0.39 is 0 Å². The van der Waals surface area contributed by atoms with Gasteiger partial charge in [-0.05, 0) is 43.4 Å². The van der Waals surface area contributed by atoms with Crippen LogP contribution < -0.4 is 5.73 Å². The number of hydrogen-bond donors (Lipinski definition) is 1. The minimum absolute atomic E-state index is 0.215. The van der Waals surface area contributed by atoms with Gasteiger partial charge in [0, 0.05) is 18.4 Å².